The molecule has 2 aliphatic heterocycles. The lowest BCUT2D eigenvalue weighted by Gasteiger charge is -2.36. The monoisotopic (exact) mass is 479 g/mol. The van der Waals surface area contributed by atoms with E-state index in [2.05, 4.69) is 30.9 Å². The highest BCUT2D eigenvalue weighted by Crippen LogP contribution is 2.34. The third-order valence-corrected chi connectivity index (χ3v) is 6.61. The number of ether oxygens (including phenoxy) is 1. The maximum absolute atomic E-state index is 12.9. The number of nitrogens with zero attached hydrogens (tertiary/aromatic N) is 3. The van der Waals surface area contributed by atoms with Gasteiger partial charge in [-0.25, -0.2) is 0 Å². The Balaban J connectivity index is 1.38. The van der Waals surface area contributed by atoms with Crippen LogP contribution in [0.4, 0.5) is 10.5 Å². The van der Waals surface area contributed by atoms with Crippen molar-refractivity contribution < 1.29 is 19.1 Å². The molecule has 0 N–H and O–H groups in total. The Labute approximate surface area is 204 Å². The number of hydrogen-bond donors (Lipinski definition) is 0. The van der Waals surface area contributed by atoms with Gasteiger partial charge >= 0.3 is 0 Å². The number of imide groups is 1. The second kappa shape index (κ2) is 10.8. The average molecular weight is 480 g/mol. The molecule has 0 atom stereocenters. The first-order valence-electron chi connectivity index (χ1n) is 11.5. The summed E-state index contributed by atoms with van der Waals surface area (Å²) in [5.41, 5.74) is 1.86. The highest BCUT2D eigenvalue weighted by atomic mass is 32.2. The van der Waals surface area contributed by atoms with E-state index in [4.69, 9.17) is 4.74 Å². The molecule has 0 radical (unpaired) electrons. The van der Waals surface area contributed by atoms with Gasteiger partial charge < -0.3 is 14.5 Å². The van der Waals surface area contributed by atoms with Crippen molar-refractivity contribution in [2.24, 2.45) is 5.92 Å². The number of piperazine rings is 1. The number of thioether (sulfide) groups is 1. The number of para-hydroxylation sites is 2. The summed E-state index contributed by atoms with van der Waals surface area (Å²) in [4.78, 5) is 43.7. The Hall–Kier alpha value is -3.26. The molecule has 2 fully saturated rings. The molecule has 2 aliphatic rings. The minimum atomic E-state index is -0.440. The van der Waals surface area contributed by atoms with Crippen molar-refractivity contribution in [1.82, 2.24) is 9.80 Å². The largest absolute Gasteiger partial charge is 0.493 e. The van der Waals surface area contributed by atoms with Crippen molar-refractivity contribution in [1.29, 1.82) is 0 Å². The van der Waals surface area contributed by atoms with Gasteiger partial charge in [0, 0.05) is 37.4 Å². The number of carbonyl (C=O) groups is 3. The molecule has 178 valence electrons. The predicted octanol–water partition coefficient (Wildman–Crippen LogP) is 4.11. The summed E-state index contributed by atoms with van der Waals surface area (Å²) in [6, 6.07) is 17.5. The minimum Gasteiger partial charge on any atom is -0.493 e. The molecule has 2 aromatic rings. The molecular formula is C26H29N3O4S. The van der Waals surface area contributed by atoms with E-state index < -0.39 is 11.1 Å². The first-order valence-corrected chi connectivity index (χ1v) is 12.3. The van der Waals surface area contributed by atoms with E-state index in [0.717, 1.165) is 27.9 Å². The van der Waals surface area contributed by atoms with Crippen LogP contribution in [0.3, 0.4) is 0 Å². The molecule has 2 saturated heterocycles. The molecule has 2 aromatic carbocycles. The van der Waals surface area contributed by atoms with Gasteiger partial charge in [0.05, 0.1) is 11.5 Å². The van der Waals surface area contributed by atoms with E-state index in [1.165, 1.54) is 0 Å². The van der Waals surface area contributed by atoms with Gasteiger partial charge in [0.25, 0.3) is 11.1 Å². The highest BCUT2D eigenvalue weighted by molar-refractivity contribution is 8.18. The molecule has 0 unspecified atom stereocenters. The second-order valence-electron chi connectivity index (χ2n) is 8.71. The van der Waals surface area contributed by atoms with Crippen molar-refractivity contribution in [2.45, 2.75) is 13.8 Å². The van der Waals surface area contributed by atoms with Crippen LogP contribution in [0.5, 0.6) is 5.75 Å². The fourth-order valence-corrected chi connectivity index (χ4v) is 4.68. The van der Waals surface area contributed by atoms with Crippen LogP contribution >= 0.6 is 11.8 Å². The standard InChI is InChI=1S/C26H29N3O4S/c1-19(2)18-33-22-11-7-6-8-20(22)16-23-25(31)29(26(32)34-23)17-24(30)28-14-12-27(13-15-28)21-9-4-3-5-10-21/h3-11,16,19H,12-15,17-18H2,1-2H3/b23-16+. The van der Waals surface area contributed by atoms with E-state index >= 15 is 0 Å². The number of amides is 3. The van der Waals surface area contributed by atoms with Crippen LogP contribution in [0.1, 0.15) is 19.4 Å². The smallest absolute Gasteiger partial charge is 0.294 e. The topological polar surface area (TPSA) is 70.2 Å². The number of rotatable bonds is 7. The molecule has 2 heterocycles. The molecule has 34 heavy (non-hydrogen) atoms. The Kier molecular flexibility index (Phi) is 7.57. The second-order valence-corrected chi connectivity index (χ2v) is 9.71. The lowest BCUT2D eigenvalue weighted by Crippen LogP contribution is -2.51. The maximum atomic E-state index is 12.9. The molecular weight excluding hydrogens is 450 g/mol. The van der Waals surface area contributed by atoms with E-state index in [1.807, 2.05) is 42.5 Å². The fourth-order valence-electron chi connectivity index (χ4n) is 3.85. The van der Waals surface area contributed by atoms with Gasteiger partial charge in [-0.2, -0.15) is 0 Å². The van der Waals surface area contributed by atoms with Gasteiger partial charge in [0.2, 0.25) is 5.91 Å². The van der Waals surface area contributed by atoms with Gasteiger partial charge in [-0.05, 0) is 42.0 Å². The van der Waals surface area contributed by atoms with Gasteiger partial charge in [-0.1, -0.05) is 50.2 Å². The Bertz CT molecular complexity index is 1080. The molecule has 3 amide bonds. The quantitative estimate of drug-likeness (QED) is 0.557. The first kappa shape index (κ1) is 23.9. The van der Waals surface area contributed by atoms with Crippen molar-refractivity contribution in [2.75, 3.05) is 44.2 Å². The molecule has 4 rings (SSSR count). The van der Waals surface area contributed by atoms with Gasteiger partial charge in [-0.3, -0.25) is 19.3 Å². The zero-order valence-corrected chi connectivity index (χ0v) is 20.3. The summed E-state index contributed by atoms with van der Waals surface area (Å²) < 4.78 is 5.85. The molecule has 0 spiro atoms. The third kappa shape index (κ3) is 5.62. The summed E-state index contributed by atoms with van der Waals surface area (Å²) in [5, 5.41) is -0.423. The molecule has 0 bridgehead atoms. The minimum absolute atomic E-state index is 0.211. The summed E-state index contributed by atoms with van der Waals surface area (Å²) in [7, 11) is 0. The Morgan fingerprint density at radius 3 is 2.38 bits per heavy atom. The summed E-state index contributed by atoms with van der Waals surface area (Å²) in [6.07, 6.45) is 1.67. The molecule has 0 aromatic heterocycles. The fraction of sp³-hybridized carbons (Fsp3) is 0.346. The first-order chi connectivity index (χ1) is 16.4. The zero-order valence-electron chi connectivity index (χ0n) is 19.5. The summed E-state index contributed by atoms with van der Waals surface area (Å²) >= 11 is 0.860. The molecule has 8 heteroatoms. The number of hydrogen-bond acceptors (Lipinski definition) is 6. The van der Waals surface area contributed by atoms with Crippen molar-refractivity contribution in [3.05, 3.63) is 65.1 Å². The van der Waals surface area contributed by atoms with Crippen LogP contribution in [0, 0.1) is 5.92 Å². The van der Waals surface area contributed by atoms with Crippen LogP contribution in [0.2, 0.25) is 0 Å². The van der Waals surface area contributed by atoms with E-state index in [-0.39, 0.29) is 12.5 Å². The normalized spacial score (nSPS) is 17.7. The molecule has 7 nitrogen and oxygen atoms in total. The van der Waals surface area contributed by atoms with E-state index in [9.17, 15) is 14.4 Å². The predicted molar refractivity (Wildman–Crippen MR) is 135 cm³/mol. The van der Waals surface area contributed by atoms with E-state index in [0.29, 0.717) is 49.4 Å². The lowest BCUT2D eigenvalue weighted by atomic mass is 10.1. The van der Waals surface area contributed by atoms with Crippen LogP contribution in [0.25, 0.3) is 6.08 Å². The van der Waals surface area contributed by atoms with Crippen molar-refractivity contribution in [3.8, 4) is 5.75 Å². The van der Waals surface area contributed by atoms with Crippen molar-refractivity contribution >= 4 is 40.6 Å². The number of benzene rings is 2. The lowest BCUT2D eigenvalue weighted by molar-refractivity contribution is -0.136. The SMILES string of the molecule is CC(C)COc1ccccc1/C=C1/SC(=O)N(CC(=O)N2CCN(c3ccccc3)CC2)C1=O. The molecule has 0 saturated carbocycles. The van der Waals surface area contributed by atoms with Gasteiger partial charge in [0.15, 0.2) is 0 Å². The number of anilines is 1. The Morgan fingerprint density at radius 1 is 1.00 bits per heavy atom. The van der Waals surface area contributed by atoms with Gasteiger partial charge in [-0.15, -0.1) is 0 Å². The van der Waals surface area contributed by atoms with Crippen molar-refractivity contribution in [3.63, 3.8) is 0 Å². The third-order valence-electron chi connectivity index (χ3n) is 5.70. The van der Waals surface area contributed by atoms with Crippen LogP contribution in [0.15, 0.2) is 59.5 Å². The highest BCUT2D eigenvalue weighted by Gasteiger charge is 2.37. The zero-order chi connectivity index (χ0) is 24.1. The van der Waals surface area contributed by atoms with Crippen LogP contribution in [-0.4, -0.2) is 66.2 Å². The average Bonchev–Trinajstić information content (AvgIpc) is 3.11. The van der Waals surface area contributed by atoms with E-state index in [1.54, 1.807) is 11.0 Å². The van der Waals surface area contributed by atoms with Crippen LogP contribution in [-0.2, 0) is 9.59 Å². The molecule has 0 aliphatic carbocycles. The van der Waals surface area contributed by atoms with Gasteiger partial charge in [0.1, 0.15) is 12.3 Å². The maximum Gasteiger partial charge on any atom is 0.294 e. The number of carbonyl (C=O) groups excluding carboxylic acids is 3. The summed E-state index contributed by atoms with van der Waals surface area (Å²) in [5.74, 6) is 0.373. The Morgan fingerprint density at radius 2 is 1.68 bits per heavy atom. The summed E-state index contributed by atoms with van der Waals surface area (Å²) in [6.45, 7) is 6.98. The van der Waals surface area contributed by atoms with Crippen LogP contribution < -0.4 is 9.64 Å².